The molecule has 0 saturated heterocycles. The second-order valence-corrected chi connectivity index (χ2v) is 24.2. The van der Waals surface area contributed by atoms with Crippen LogP contribution in [0.1, 0.15) is 16.9 Å². The van der Waals surface area contributed by atoms with E-state index in [4.69, 9.17) is 4.74 Å². The molecule has 414 valence electrons. The van der Waals surface area contributed by atoms with Gasteiger partial charge in [0.1, 0.15) is 11.5 Å². The number of rotatable bonds is 11. The van der Waals surface area contributed by atoms with Gasteiger partial charge in [0, 0.05) is 53.4 Å². The third-order valence-corrected chi connectivity index (χ3v) is 19.1. The molecule has 0 radical (unpaired) electrons. The molecule has 4 heteroatoms. The number of hydrogen-bond donors (Lipinski definition) is 0. The molecule has 17 rings (SSSR count). The van der Waals surface area contributed by atoms with Gasteiger partial charge in [0.25, 0.3) is 0 Å². The van der Waals surface area contributed by atoms with E-state index in [1.54, 1.807) is 0 Å². The van der Waals surface area contributed by atoms with Crippen LogP contribution in [0.5, 0.6) is 11.5 Å². The number of hydrogen-bond acceptors (Lipinski definition) is 2. The fourth-order valence-electron chi connectivity index (χ4n) is 13.7. The van der Waals surface area contributed by atoms with Gasteiger partial charge in [-0.15, -0.1) is 11.3 Å². The van der Waals surface area contributed by atoms with Gasteiger partial charge in [-0.05, 0) is 194 Å². The second kappa shape index (κ2) is 21.5. The van der Waals surface area contributed by atoms with Gasteiger partial charge >= 0.3 is 0 Å². The smallest absolute Gasteiger partial charge is 0.135 e. The van der Waals surface area contributed by atoms with E-state index in [0.717, 1.165) is 90.9 Å². The monoisotopic (exact) mass is 1140 g/mol. The molecule has 0 spiro atoms. The minimum Gasteiger partial charge on any atom is -0.457 e. The highest BCUT2D eigenvalue weighted by molar-refractivity contribution is 7.19. The summed E-state index contributed by atoms with van der Waals surface area (Å²) in [5.41, 5.74) is 24.6. The van der Waals surface area contributed by atoms with Crippen LogP contribution in [0.25, 0.3) is 149 Å². The van der Waals surface area contributed by atoms with Crippen molar-refractivity contribution in [1.82, 2.24) is 9.13 Å². The Kier molecular flexibility index (Phi) is 12.5. The van der Waals surface area contributed by atoms with E-state index in [1.165, 1.54) is 86.8 Å². The molecule has 13 aromatic carbocycles. The standard InChI is InChI=1S/C84H56N2OS/c1-4-19-56(20-5-1)67-27-10-11-29-69(67)63-22-18-21-58(49-63)55-35-37-57(38-36-55)68-28-12-13-30-70(68)71-31-14-16-33-82(71)87-66-43-47-81-76(54-66)75-52-60(40-46-80(75)86(81)65-25-8-3-9-26-65)59-39-44-78-73(50-59)74-51-61(41-45-79(74)85(78)64-23-6-2-7-24-64)62-42-48-84-77(53-62)72-32-15-17-34-83(72)88-84/h1-16,18-33,35-54H,17,34H2. The first-order valence-corrected chi connectivity index (χ1v) is 31.2. The van der Waals surface area contributed by atoms with E-state index in [-0.39, 0.29) is 0 Å². The summed E-state index contributed by atoms with van der Waals surface area (Å²) in [6.07, 6.45) is 6.90. The summed E-state index contributed by atoms with van der Waals surface area (Å²) in [6, 6.07) is 110. The molecule has 0 saturated carbocycles. The van der Waals surface area contributed by atoms with Gasteiger partial charge in [0.2, 0.25) is 0 Å². The van der Waals surface area contributed by atoms with Crippen molar-refractivity contribution in [3.05, 3.63) is 320 Å². The van der Waals surface area contributed by atoms with Crippen molar-refractivity contribution in [3.63, 3.8) is 0 Å². The number of fused-ring (bicyclic) bond motifs is 9. The summed E-state index contributed by atoms with van der Waals surface area (Å²) in [7, 11) is 0. The Hall–Kier alpha value is -11.0. The highest BCUT2D eigenvalue weighted by Gasteiger charge is 2.21. The Balaban J connectivity index is 0.729. The van der Waals surface area contributed by atoms with E-state index in [1.807, 2.05) is 11.3 Å². The fourth-order valence-corrected chi connectivity index (χ4v) is 14.8. The van der Waals surface area contributed by atoms with Gasteiger partial charge in [-0.3, -0.25) is 0 Å². The Morgan fingerprint density at radius 1 is 0.295 bits per heavy atom. The van der Waals surface area contributed by atoms with Crippen LogP contribution in [0.3, 0.4) is 0 Å². The predicted octanol–water partition coefficient (Wildman–Crippen LogP) is 23.5. The molecule has 1 aliphatic carbocycles. The molecule has 88 heavy (non-hydrogen) atoms. The molecule has 3 aromatic heterocycles. The first-order valence-electron chi connectivity index (χ1n) is 30.3. The molecule has 0 fully saturated rings. The van der Waals surface area contributed by atoms with E-state index in [9.17, 15) is 0 Å². The summed E-state index contributed by atoms with van der Waals surface area (Å²) < 4.78 is 13.3. The highest BCUT2D eigenvalue weighted by Crippen LogP contribution is 2.45. The highest BCUT2D eigenvalue weighted by atomic mass is 32.1. The zero-order chi connectivity index (χ0) is 58.1. The van der Waals surface area contributed by atoms with Gasteiger partial charge in [-0.2, -0.15) is 0 Å². The van der Waals surface area contributed by atoms with Gasteiger partial charge in [-0.25, -0.2) is 0 Å². The third-order valence-electron chi connectivity index (χ3n) is 17.9. The van der Waals surface area contributed by atoms with Crippen LogP contribution in [0.2, 0.25) is 0 Å². The molecule has 0 bridgehead atoms. The maximum atomic E-state index is 7.10. The van der Waals surface area contributed by atoms with Crippen LogP contribution >= 0.6 is 11.3 Å². The van der Waals surface area contributed by atoms with Gasteiger partial charge in [0.15, 0.2) is 0 Å². The van der Waals surface area contributed by atoms with E-state index >= 15 is 0 Å². The molecule has 0 unspecified atom stereocenters. The average Bonchev–Trinajstić information content (AvgIpc) is 2.11. The SMILES string of the molecule is C1=Cc2c(sc3ccc(-c4ccc5c(c4)c4cc(-c6ccc7c(c6)c6cc(Oc8ccccc8-c8ccccc8-c8ccc(-c9cccc(-c%10ccccc%10-c%10ccccc%10)c9)cc8)ccc6n7-c6ccccc6)ccc4n5-c4ccccc4)cc23)CC1. The quantitative estimate of drug-likeness (QED) is 0.126. The third kappa shape index (κ3) is 8.96. The number of aryl methyl sites for hydroxylation is 1. The van der Waals surface area contributed by atoms with Gasteiger partial charge < -0.3 is 13.9 Å². The lowest BCUT2D eigenvalue weighted by Crippen LogP contribution is -1.93. The molecule has 3 nitrogen and oxygen atoms in total. The molecule has 0 amide bonds. The molecule has 0 N–H and O–H groups in total. The number of benzene rings is 13. The van der Waals surface area contributed by atoms with Crippen molar-refractivity contribution >= 4 is 71.1 Å². The lowest BCUT2D eigenvalue weighted by molar-refractivity contribution is 0.485. The molecule has 0 aliphatic heterocycles. The number of aromatic nitrogens is 2. The molecular weight excluding hydrogens is 1090 g/mol. The van der Waals surface area contributed by atoms with Crippen molar-refractivity contribution < 1.29 is 4.74 Å². The van der Waals surface area contributed by atoms with Crippen molar-refractivity contribution in [2.75, 3.05) is 0 Å². The zero-order valence-electron chi connectivity index (χ0n) is 48.1. The Bertz CT molecular complexity index is 5400. The lowest BCUT2D eigenvalue weighted by atomic mass is 9.91. The predicted molar refractivity (Wildman–Crippen MR) is 372 cm³/mol. The summed E-state index contributed by atoms with van der Waals surface area (Å²) in [4.78, 5) is 1.50. The number of thiophene rings is 1. The first kappa shape index (κ1) is 51.4. The number of nitrogens with zero attached hydrogens (tertiary/aromatic N) is 2. The summed E-state index contributed by atoms with van der Waals surface area (Å²) in [5.74, 6) is 1.56. The van der Waals surface area contributed by atoms with Gasteiger partial charge in [-0.1, -0.05) is 212 Å². The van der Waals surface area contributed by atoms with Crippen LogP contribution in [0, 0.1) is 0 Å². The Morgan fingerprint density at radius 3 is 1.33 bits per heavy atom. The lowest BCUT2D eigenvalue weighted by Gasteiger charge is -2.16. The molecule has 3 heterocycles. The molecule has 0 atom stereocenters. The molecule has 16 aromatic rings. The minimum absolute atomic E-state index is 0.772. The Labute approximate surface area is 515 Å². The van der Waals surface area contributed by atoms with Gasteiger partial charge in [0.05, 0.1) is 22.1 Å². The van der Waals surface area contributed by atoms with Crippen molar-refractivity contribution in [2.45, 2.75) is 12.8 Å². The fraction of sp³-hybridized carbons (Fsp3) is 0.0238. The van der Waals surface area contributed by atoms with Crippen LogP contribution in [0.4, 0.5) is 0 Å². The summed E-state index contributed by atoms with van der Waals surface area (Å²) in [5, 5.41) is 6.08. The normalized spacial score (nSPS) is 12.2. The van der Waals surface area contributed by atoms with Crippen LogP contribution in [0.15, 0.2) is 309 Å². The minimum atomic E-state index is 0.772. The second-order valence-electron chi connectivity index (χ2n) is 23.0. The number of para-hydroxylation sites is 3. The summed E-state index contributed by atoms with van der Waals surface area (Å²) >= 11 is 1.95. The first-order chi connectivity index (χ1) is 43.6. The Morgan fingerprint density at radius 2 is 0.716 bits per heavy atom. The van der Waals surface area contributed by atoms with E-state index in [2.05, 4.69) is 325 Å². The largest absolute Gasteiger partial charge is 0.457 e. The zero-order valence-corrected chi connectivity index (χ0v) is 49.0. The van der Waals surface area contributed by atoms with Crippen LogP contribution in [-0.4, -0.2) is 9.13 Å². The maximum Gasteiger partial charge on any atom is 0.135 e. The van der Waals surface area contributed by atoms with Crippen molar-refractivity contribution in [1.29, 1.82) is 0 Å². The van der Waals surface area contributed by atoms with Crippen LogP contribution in [-0.2, 0) is 6.42 Å². The average molecular weight is 1140 g/mol. The van der Waals surface area contributed by atoms with E-state index < -0.39 is 0 Å². The van der Waals surface area contributed by atoms with E-state index in [0.29, 0.717) is 0 Å². The molecular formula is C84H56N2OS. The topological polar surface area (TPSA) is 19.1 Å². The number of allylic oxidation sites excluding steroid dienone is 1. The number of ether oxygens (including phenoxy) is 1. The molecule has 1 aliphatic rings. The van der Waals surface area contributed by atoms with Crippen molar-refractivity contribution in [3.8, 4) is 101 Å². The van der Waals surface area contributed by atoms with Crippen molar-refractivity contribution in [2.24, 2.45) is 0 Å². The summed E-state index contributed by atoms with van der Waals surface area (Å²) in [6.45, 7) is 0. The maximum absolute atomic E-state index is 7.10. The van der Waals surface area contributed by atoms with Crippen LogP contribution < -0.4 is 4.74 Å².